The summed E-state index contributed by atoms with van der Waals surface area (Å²) in [7, 11) is 3.71. The van der Waals surface area contributed by atoms with Crippen LogP contribution in [0.1, 0.15) is 30.0 Å². The number of anilines is 1. The maximum Gasteiger partial charge on any atom is 0.244 e. The smallest absolute Gasteiger partial charge is 0.244 e. The molecule has 1 saturated heterocycles. The Morgan fingerprint density at radius 2 is 2.19 bits per heavy atom. The number of hydrogen-bond acceptors (Lipinski definition) is 6. The Morgan fingerprint density at radius 1 is 1.34 bits per heavy atom. The molecule has 9 heteroatoms. The molecule has 0 aliphatic carbocycles. The maximum atomic E-state index is 14.2. The number of piperidine rings is 1. The van der Waals surface area contributed by atoms with E-state index in [0.29, 0.717) is 30.2 Å². The molecule has 4 rings (SSSR count). The zero-order valence-corrected chi connectivity index (χ0v) is 18.1. The van der Waals surface area contributed by atoms with Crippen molar-refractivity contribution in [2.24, 2.45) is 0 Å². The van der Waals surface area contributed by atoms with E-state index in [-0.39, 0.29) is 23.9 Å². The molecule has 1 aliphatic rings. The van der Waals surface area contributed by atoms with Gasteiger partial charge in [0, 0.05) is 57.3 Å². The van der Waals surface area contributed by atoms with Gasteiger partial charge in [-0.2, -0.15) is 10.4 Å². The van der Waals surface area contributed by atoms with Crippen LogP contribution in [0.25, 0.3) is 11.1 Å². The molecule has 32 heavy (non-hydrogen) atoms. The highest BCUT2D eigenvalue weighted by Gasteiger charge is 2.28. The van der Waals surface area contributed by atoms with Crippen LogP contribution in [0, 0.1) is 17.1 Å². The van der Waals surface area contributed by atoms with E-state index in [1.165, 1.54) is 12.1 Å². The predicted molar refractivity (Wildman–Crippen MR) is 117 cm³/mol. The second-order valence-corrected chi connectivity index (χ2v) is 8.09. The van der Waals surface area contributed by atoms with Gasteiger partial charge in [0.05, 0.1) is 17.3 Å². The summed E-state index contributed by atoms with van der Waals surface area (Å²) in [5.41, 5.74) is 2.23. The number of amides is 1. The van der Waals surface area contributed by atoms with Crippen LogP contribution >= 0.6 is 0 Å². The lowest BCUT2D eigenvalue weighted by Crippen LogP contribution is -2.41. The summed E-state index contributed by atoms with van der Waals surface area (Å²) >= 11 is 0. The first-order valence-electron chi connectivity index (χ1n) is 10.4. The Hall–Kier alpha value is -3.80. The number of benzene rings is 1. The van der Waals surface area contributed by atoms with E-state index >= 15 is 0 Å². The fraction of sp³-hybridized carbons (Fsp3) is 0.348. The molecule has 1 fully saturated rings. The van der Waals surface area contributed by atoms with Crippen molar-refractivity contribution in [1.82, 2.24) is 24.6 Å². The van der Waals surface area contributed by atoms with E-state index in [9.17, 15) is 14.4 Å². The Labute approximate surface area is 185 Å². The van der Waals surface area contributed by atoms with Gasteiger partial charge in [-0.15, -0.1) is 0 Å². The molecule has 164 valence electrons. The van der Waals surface area contributed by atoms with Crippen molar-refractivity contribution in [3.63, 3.8) is 0 Å². The van der Waals surface area contributed by atoms with Crippen LogP contribution in [0.2, 0.25) is 0 Å². The second kappa shape index (κ2) is 9.14. The van der Waals surface area contributed by atoms with Gasteiger partial charge in [-0.25, -0.2) is 14.4 Å². The van der Waals surface area contributed by atoms with Gasteiger partial charge >= 0.3 is 0 Å². The van der Waals surface area contributed by atoms with E-state index in [0.717, 1.165) is 18.5 Å². The van der Waals surface area contributed by atoms with Crippen molar-refractivity contribution in [2.45, 2.75) is 25.3 Å². The molecular formula is C23H24FN7O. The zero-order valence-electron chi connectivity index (χ0n) is 18.1. The van der Waals surface area contributed by atoms with Crippen molar-refractivity contribution in [3.05, 3.63) is 59.9 Å². The molecule has 0 unspecified atom stereocenters. The lowest BCUT2D eigenvalue weighted by Gasteiger charge is -2.33. The molecule has 8 nitrogen and oxygen atoms in total. The average molecular weight is 433 g/mol. The topological polar surface area (TPSA) is 90.9 Å². The van der Waals surface area contributed by atoms with E-state index in [1.54, 1.807) is 35.4 Å². The number of carbonyl (C=O) groups is 1. The standard InChI is InChI=1S/C23H24FN7O/c1-29(2)23-26-13-20(18-9-16(12-25)10-19(24)11-18)22(28-23)17-5-3-7-30(14-17)21(32)15-31-8-4-6-27-31/h4,6,8-11,13,17H,3,5,7,14-15H2,1-2H3/t17-/m1/s1. The van der Waals surface area contributed by atoms with Gasteiger partial charge in [0.25, 0.3) is 0 Å². The maximum absolute atomic E-state index is 14.2. The minimum atomic E-state index is -0.485. The first-order valence-corrected chi connectivity index (χ1v) is 10.4. The Balaban J connectivity index is 1.68. The van der Waals surface area contributed by atoms with Crippen LogP contribution in [0.15, 0.2) is 42.9 Å². The van der Waals surface area contributed by atoms with E-state index in [1.807, 2.05) is 30.0 Å². The van der Waals surface area contributed by atoms with E-state index in [2.05, 4.69) is 10.1 Å². The van der Waals surface area contributed by atoms with E-state index < -0.39 is 5.82 Å². The number of aromatic nitrogens is 4. The molecule has 1 aromatic carbocycles. The Kier molecular flexibility index (Phi) is 6.12. The molecule has 0 radical (unpaired) electrons. The molecule has 3 aromatic rings. The van der Waals surface area contributed by atoms with Crippen LogP contribution < -0.4 is 4.90 Å². The minimum absolute atomic E-state index is 0.000591. The minimum Gasteiger partial charge on any atom is -0.347 e. The molecule has 1 aliphatic heterocycles. The van der Waals surface area contributed by atoms with Gasteiger partial charge in [-0.3, -0.25) is 9.48 Å². The number of nitriles is 1. The number of nitrogens with zero attached hydrogens (tertiary/aromatic N) is 7. The molecule has 1 atom stereocenters. The highest BCUT2D eigenvalue weighted by molar-refractivity contribution is 5.76. The number of likely N-dealkylation sites (tertiary alicyclic amines) is 1. The predicted octanol–water partition coefficient (Wildman–Crippen LogP) is 2.82. The molecular weight excluding hydrogens is 409 g/mol. The summed E-state index contributed by atoms with van der Waals surface area (Å²) in [6.07, 6.45) is 6.78. The Bertz CT molecular complexity index is 1150. The molecule has 3 heterocycles. The van der Waals surface area contributed by atoms with Crippen LogP contribution in [-0.2, 0) is 11.3 Å². The SMILES string of the molecule is CN(C)c1ncc(-c2cc(F)cc(C#N)c2)c([C@@H]2CCCN(C(=O)Cn3cccn3)C2)n1. The zero-order chi connectivity index (χ0) is 22.7. The van der Waals surface area contributed by atoms with Crippen molar-refractivity contribution in [2.75, 3.05) is 32.1 Å². The summed E-state index contributed by atoms with van der Waals surface area (Å²) in [4.78, 5) is 25.7. The van der Waals surface area contributed by atoms with Crippen molar-refractivity contribution >= 4 is 11.9 Å². The van der Waals surface area contributed by atoms with Gasteiger partial charge in [0.2, 0.25) is 11.9 Å². The summed E-state index contributed by atoms with van der Waals surface area (Å²) in [5.74, 6) is 0.0252. The van der Waals surface area contributed by atoms with Crippen LogP contribution in [0.4, 0.5) is 10.3 Å². The first-order chi connectivity index (χ1) is 15.4. The van der Waals surface area contributed by atoms with Crippen molar-refractivity contribution in [1.29, 1.82) is 5.26 Å². The first kappa shape index (κ1) is 21.4. The van der Waals surface area contributed by atoms with Gasteiger partial charge in [-0.1, -0.05) is 0 Å². The third kappa shape index (κ3) is 4.59. The van der Waals surface area contributed by atoms with Gasteiger partial charge in [0.15, 0.2) is 0 Å². The normalized spacial score (nSPS) is 15.9. The third-order valence-electron chi connectivity index (χ3n) is 5.56. The third-order valence-corrected chi connectivity index (χ3v) is 5.56. The number of halogens is 1. The second-order valence-electron chi connectivity index (χ2n) is 8.09. The fourth-order valence-electron chi connectivity index (χ4n) is 4.00. The van der Waals surface area contributed by atoms with Gasteiger partial charge in [-0.05, 0) is 42.7 Å². The summed E-state index contributed by atoms with van der Waals surface area (Å²) in [6, 6.07) is 8.02. The van der Waals surface area contributed by atoms with Crippen LogP contribution in [-0.4, -0.2) is 57.7 Å². The van der Waals surface area contributed by atoms with Gasteiger partial charge in [0.1, 0.15) is 12.4 Å². The largest absolute Gasteiger partial charge is 0.347 e. The number of carbonyl (C=O) groups excluding carboxylic acids is 1. The highest BCUT2D eigenvalue weighted by atomic mass is 19.1. The molecule has 0 spiro atoms. The average Bonchev–Trinajstić information content (AvgIpc) is 3.31. The van der Waals surface area contributed by atoms with Crippen LogP contribution in [0.3, 0.4) is 0 Å². The molecule has 0 bridgehead atoms. The summed E-state index contributed by atoms with van der Waals surface area (Å²) < 4.78 is 15.8. The molecule has 0 N–H and O–H groups in total. The Morgan fingerprint density at radius 3 is 2.91 bits per heavy atom. The van der Waals surface area contributed by atoms with Gasteiger partial charge < -0.3 is 9.80 Å². The van der Waals surface area contributed by atoms with Crippen LogP contribution in [0.5, 0.6) is 0 Å². The van der Waals surface area contributed by atoms with Crippen molar-refractivity contribution < 1.29 is 9.18 Å². The molecule has 0 saturated carbocycles. The molecule has 2 aromatic heterocycles. The summed E-state index contributed by atoms with van der Waals surface area (Å²) in [5, 5.41) is 13.4. The quantitative estimate of drug-likeness (QED) is 0.615. The van der Waals surface area contributed by atoms with E-state index in [4.69, 9.17) is 4.98 Å². The highest BCUT2D eigenvalue weighted by Crippen LogP contribution is 2.34. The fourth-order valence-corrected chi connectivity index (χ4v) is 4.00. The summed E-state index contributed by atoms with van der Waals surface area (Å²) in [6.45, 7) is 1.38. The monoisotopic (exact) mass is 433 g/mol. The number of hydrogen-bond donors (Lipinski definition) is 0. The molecule has 1 amide bonds. The lowest BCUT2D eigenvalue weighted by atomic mass is 9.89. The number of rotatable bonds is 5. The van der Waals surface area contributed by atoms with Crippen molar-refractivity contribution in [3.8, 4) is 17.2 Å². The lowest BCUT2D eigenvalue weighted by molar-refractivity contribution is -0.133.